The molecule has 0 spiro atoms. The number of esters is 2. The summed E-state index contributed by atoms with van der Waals surface area (Å²) in [6.45, 7) is 6.42. The maximum absolute atomic E-state index is 12.1. The molecular weight excluding hydrogens is 308 g/mol. The lowest BCUT2D eigenvalue weighted by atomic mass is 9.93. The fraction of sp³-hybridized carbons (Fsp3) is 0.444. The molecule has 126 valence electrons. The van der Waals surface area contributed by atoms with Gasteiger partial charge in [-0.1, -0.05) is 55.7 Å². The second-order valence-electron chi connectivity index (χ2n) is 6.64. The molecule has 1 atom stereocenters. The van der Waals surface area contributed by atoms with Crippen molar-refractivity contribution in [3.05, 3.63) is 47.2 Å². The van der Waals surface area contributed by atoms with Gasteiger partial charge in [0.25, 0.3) is 0 Å². The summed E-state index contributed by atoms with van der Waals surface area (Å²) in [6, 6.07) is 9.74. The molecular formula is C18H26O4Si. The number of methoxy groups -OCH3 is 2. The smallest absolute Gasteiger partial charge is 0.333 e. The number of carbonyl (C=O) groups excluding carboxylic acids is 2. The summed E-state index contributed by atoms with van der Waals surface area (Å²) in [6.07, 6.45) is 0.867. The highest BCUT2D eigenvalue weighted by atomic mass is 28.3. The number of rotatable bonds is 7. The van der Waals surface area contributed by atoms with E-state index in [1.807, 2.05) is 36.0 Å². The van der Waals surface area contributed by atoms with Crippen molar-refractivity contribution in [1.82, 2.24) is 0 Å². The summed E-state index contributed by atoms with van der Waals surface area (Å²) in [4.78, 5) is 24.2. The third-order valence-corrected chi connectivity index (χ3v) is 4.60. The molecule has 0 N–H and O–H groups in total. The first-order valence-corrected chi connectivity index (χ1v) is 11.3. The van der Waals surface area contributed by atoms with Gasteiger partial charge in [0.05, 0.1) is 28.2 Å². The van der Waals surface area contributed by atoms with E-state index in [4.69, 9.17) is 9.47 Å². The minimum atomic E-state index is -1.62. The monoisotopic (exact) mass is 334 g/mol. The highest BCUT2D eigenvalue weighted by molar-refractivity contribution is 6.81. The van der Waals surface area contributed by atoms with E-state index in [1.54, 1.807) is 0 Å². The van der Waals surface area contributed by atoms with Crippen LogP contribution in [0.2, 0.25) is 19.6 Å². The summed E-state index contributed by atoms with van der Waals surface area (Å²) in [5.74, 6) is -1.07. The molecule has 0 saturated heterocycles. The standard InChI is InChI=1S/C18H26O4Si/c1-21-17(19)15(11-14-9-7-6-8-10-14)12-16(18(20)22-2)13-23(3,4)5/h6-10,13,15H,11-12H2,1-5H3/b16-13-. The van der Waals surface area contributed by atoms with Gasteiger partial charge >= 0.3 is 11.9 Å². The number of carbonyl (C=O) groups is 2. The van der Waals surface area contributed by atoms with Crippen LogP contribution in [0, 0.1) is 5.92 Å². The van der Waals surface area contributed by atoms with Crippen LogP contribution in [-0.2, 0) is 25.5 Å². The van der Waals surface area contributed by atoms with Crippen molar-refractivity contribution < 1.29 is 19.1 Å². The van der Waals surface area contributed by atoms with E-state index >= 15 is 0 Å². The molecule has 23 heavy (non-hydrogen) atoms. The average molecular weight is 334 g/mol. The summed E-state index contributed by atoms with van der Waals surface area (Å²) in [5.41, 5.74) is 3.61. The van der Waals surface area contributed by atoms with Crippen molar-refractivity contribution in [2.45, 2.75) is 32.5 Å². The highest BCUT2D eigenvalue weighted by Gasteiger charge is 2.26. The van der Waals surface area contributed by atoms with E-state index in [-0.39, 0.29) is 11.9 Å². The molecule has 0 aromatic heterocycles. The first-order chi connectivity index (χ1) is 10.8. The molecule has 1 aromatic carbocycles. The van der Waals surface area contributed by atoms with E-state index < -0.39 is 14.0 Å². The molecule has 0 aliphatic heterocycles. The molecule has 0 fully saturated rings. The van der Waals surface area contributed by atoms with Crippen LogP contribution in [0.4, 0.5) is 0 Å². The molecule has 0 heterocycles. The maximum atomic E-state index is 12.1. The van der Waals surface area contributed by atoms with Gasteiger partial charge in [-0.05, 0) is 18.4 Å². The predicted octanol–water partition coefficient (Wildman–Crippen LogP) is 3.39. The fourth-order valence-corrected chi connectivity index (χ4v) is 3.71. The molecule has 4 nitrogen and oxygen atoms in total. The van der Waals surface area contributed by atoms with Gasteiger partial charge in [0, 0.05) is 5.57 Å². The zero-order valence-electron chi connectivity index (χ0n) is 14.6. The van der Waals surface area contributed by atoms with Crippen molar-refractivity contribution in [3.63, 3.8) is 0 Å². The zero-order valence-corrected chi connectivity index (χ0v) is 15.6. The Morgan fingerprint density at radius 2 is 1.70 bits per heavy atom. The number of hydrogen-bond donors (Lipinski definition) is 0. The van der Waals surface area contributed by atoms with Crippen LogP contribution >= 0.6 is 0 Å². The van der Waals surface area contributed by atoms with Crippen LogP contribution < -0.4 is 0 Å². The van der Waals surface area contributed by atoms with Crippen LogP contribution in [0.1, 0.15) is 12.0 Å². The maximum Gasteiger partial charge on any atom is 0.333 e. The van der Waals surface area contributed by atoms with Gasteiger partial charge in [-0.15, -0.1) is 0 Å². The molecule has 0 aliphatic carbocycles. The van der Waals surface area contributed by atoms with Gasteiger partial charge < -0.3 is 9.47 Å². The third-order valence-electron chi connectivity index (χ3n) is 3.38. The molecule has 0 radical (unpaired) electrons. The fourth-order valence-electron chi connectivity index (χ4n) is 2.42. The first kappa shape index (κ1) is 19.2. The molecule has 0 amide bonds. The zero-order chi connectivity index (χ0) is 17.5. The van der Waals surface area contributed by atoms with Gasteiger partial charge in [-0.2, -0.15) is 0 Å². The van der Waals surface area contributed by atoms with Gasteiger partial charge in [0.2, 0.25) is 0 Å². The van der Waals surface area contributed by atoms with E-state index in [0.717, 1.165) is 5.56 Å². The molecule has 1 rings (SSSR count). The molecule has 5 heteroatoms. The van der Waals surface area contributed by atoms with Gasteiger partial charge in [-0.25, -0.2) is 4.79 Å². The quantitative estimate of drug-likeness (QED) is 0.436. The second-order valence-corrected chi connectivity index (χ2v) is 11.7. The van der Waals surface area contributed by atoms with E-state index in [9.17, 15) is 9.59 Å². The van der Waals surface area contributed by atoms with Crippen LogP contribution in [-0.4, -0.2) is 34.2 Å². The summed E-state index contributed by atoms with van der Waals surface area (Å²) in [5, 5.41) is 0. The molecule has 0 aliphatic rings. The summed E-state index contributed by atoms with van der Waals surface area (Å²) in [7, 11) is 1.12. The molecule has 1 aromatic rings. The van der Waals surface area contributed by atoms with Gasteiger partial charge in [-0.3, -0.25) is 4.79 Å². The van der Waals surface area contributed by atoms with E-state index in [1.165, 1.54) is 14.2 Å². The number of hydrogen-bond acceptors (Lipinski definition) is 4. The minimum absolute atomic E-state index is 0.306. The van der Waals surface area contributed by atoms with Crippen molar-refractivity contribution in [2.75, 3.05) is 14.2 Å². The molecule has 1 unspecified atom stereocenters. The van der Waals surface area contributed by atoms with Crippen LogP contribution in [0.5, 0.6) is 0 Å². The second kappa shape index (κ2) is 8.67. The SMILES string of the molecule is COC(=O)/C(=C\[Si](C)(C)C)CC(Cc1ccccc1)C(=O)OC. The van der Waals surface area contributed by atoms with Gasteiger partial charge in [0.15, 0.2) is 0 Å². The Labute approximate surface area is 139 Å². The normalized spacial score (nSPS) is 13.3. The van der Waals surface area contributed by atoms with Crippen molar-refractivity contribution in [2.24, 2.45) is 5.92 Å². The Hall–Kier alpha value is -1.88. The summed E-state index contributed by atoms with van der Waals surface area (Å²) < 4.78 is 9.81. The molecule has 0 saturated carbocycles. The Bertz CT molecular complexity index is 558. The Kier molecular flexibility index (Phi) is 7.23. The third kappa shape index (κ3) is 6.82. The Morgan fingerprint density at radius 3 is 2.17 bits per heavy atom. The minimum Gasteiger partial charge on any atom is -0.469 e. The number of ether oxygens (including phenoxy) is 2. The van der Waals surface area contributed by atoms with Crippen LogP contribution in [0.15, 0.2) is 41.6 Å². The Balaban J connectivity index is 3.03. The largest absolute Gasteiger partial charge is 0.469 e. The highest BCUT2D eigenvalue weighted by Crippen LogP contribution is 2.22. The lowest BCUT2D eigenvalue weighted by Gasteiger charge is -2.18. The lowest BCUT2D eigenvalue weighted by molar-refractivity contribution is -0.145. The van der Waals surface area contributed by atoms with Crippen molar-refractivity contribution in [1.29, 1.82) is 0 Å². The van der Waals surface area contributed by atoms with Crippen molar-refractivity contribution in [3.8, 4) is 0 Å². The average Bonchev–Trinajstić information content (AvgIpc) is 2.51. The topological polar surface area (TPSA) is 52.6 Å². The van der Waals surface area contributed by atoms with Crippen LogP contribution in [0.3, 0.4) is 0 Å². The lowest BCUT2D eigenvalue weighted by Crippen LogP contribution is -2.25. The van der Waals surface area contributed by atoms with E-state index in [0.29, 0.717) is 18.4 Å². The molecule has 0 bridgehead atoms. The van der Waals surface area contributed by atoms with Crippen LogP contribution in [0.25, 0.3) is 0 Å². The first-order valence-electron chi connectivity index (χ1n) is 7.68. The Morgan fingerprint density at radius 1 is 1.09 bits per heavy atom. The van der Waals surface area contributed by atoms with Gasteiger partial charge in [0.1, 0.15) is 0 Å². The number of benzene rings is 1. The summed E-state index contributed by atoms with van der Waals surface area (Å²) >= 11 is 0. The van der Waals surface area contributed by atoms with Crippen molar-refractivity contribution >= 4 is 20.0 Å². The predicted molar refractivity (Wildman–Crippen MR) is 93.7 cm³/mol. The van der Waals surface area contributed by atoms with E-state index in [2.05, 4.69) is 19.6 Å².